The smallest absolute Gasteiger partial charge is 0.223 e. The van der Waals surface area contributed by atoms with Crippen molar-refractivity contribution < 1.29 is 9.90 Å². The van der Waals surface area contributed by atoms with E-state index in [9.17, 15) is 9.90 Å². The summed E-state index contributed by atoms with van der Waals surface area (Å²) in [6.45, 7) is 3.14. The van der Waals surface area contributed by atoms with Crippen LogP contribution in [0.15, 0.2) is 0 Å². The number of aliphatic hydroxyl groups is 1. The first-order valence-corrected chi connectivity index (χ1v) is 7.14. The van der Waals surface area contributed by atoms with Crippen LogP contribution in [-0.2, 0) is 4.79 Å². The molecule has 0 aromatic rings. The van der Waals surface area contributed by atoms with Crippen molar-refractivity contribution in [2.45, 2.75) is 63.5 Å². The second-order valence-corrected chi connectivity index (χ2v) is 6.22. The minimum Gasteiger partial charge on any atom is -0.393 e. The summed E-state index contributed by atoms with van der Waals surface area (Å²) in [5.41, 5.74) is 0.117. The number of aliphatic hydroxyl groups excluding tert-OH is 1. The molecule has 3 rings (SSSR count). The first-order chi connectivity index (χ1) is 8.15. The third-order valence-electron chi connectivity index (χ3n) is 5.54. The Labute approximate surface area is 103 Å². The van der Waals surface area contributed by atoms with Crippen LogP contribution in [0.1, 0.15) is 51.9 Å². The Morgan fingerprint density at radius 3 is 2.94 bits per heavy atom. The van der Waals surface area contributed by atoms with E-state index in [1.165, 1.54) is 6.42 Å². The van der Waals surface area contributed by atoms with Crippen molar-refractivity contribution in [3.63, 3.8) is 0 Å². The minimum absolute atomic E-state index is 0.117. The van der Waals surface area contributed by atoms with Crippen LogP contribution in [0.2, 0.25) is 0 Å². The first-order valence-electron chi connectivity index (χ1n) is 7.14. The fraction of sp³-hybridized carbons (Fsp3) is 0.929. The van der Waals surface area contributed by atoms with Gasteiger partial charge in [-0.1, -0.05) is 6.92 Å². The Morgan fingerprint density at radius 1 is 1.29 bits per heavy atom. The highest BCUT2D eigenvalue weighted by molar-refractivity contribution is 5.78. The fourth-order valence-corrected chi connectivity index (χ4v) is 4.66. The third-order valence-corrected chi connectivity index (χ3v) is 5.54. The molecular weight excluding hydrogens is 214 g/mol. The zero-order valence-corrected chi connectivity index (χ0v) is 10.7. The van der Waals surface area contributed by atoms with E-state index in [0.29, 0.717) is 17.7 Å². The molecule has 1 N–H and O–H groups in total. The Balaban J connectivity index is 1.98. The Hall–Kier alpha value is -0.570. The molecule has 17 heavy (non-hydrogen) atoms. The van der Waals surface area contributed by atoms with Gasteiger partial charge in [0.05, 0.1) is 6.10 Å². The molecular formula is C14H23NO2. The van der Waals surface area contributed by atoms with Gasteiger partial charge in [0, 0.05) is 18.5 Å². The van der Waals surface area contributed by atoms with E-state index < -0.39 is 0 Å². The van der Waals surface area contributed by atoms with Crippen molar-refractivity contribution in [1.82, 2.24) is 4.90 Å². The second-order valence-electron chi connectivity index (χ2n) is 6.22. The number of amides is 1. The number of carbonyl (C=O) groups is 1. The molecule has 3 fully saturated rings. The summed E-state index contributed by atoms with van der Waals surface area (Å²) < 4.78 is 0. The van der Waals surface area contributed by atoms with Crippen molar-refractivity contribution >= 4 is 5.91 Å². The van der Waals surface area contributed by atoms with Crippen LogP contribution in [0, 0.1) is 11.8 Å². The summed E-state index contributed by atoms with van der Waals surface area (Å²) >= 11 is 0. The summed E-state index contributed by atoms with van der Waals surface area (Å²) in [6, 6.07) is 0. The quantitative estimate of drug-likeness (QED) is 0.699. The Bertz CT molecular complexity index is 330. The molecule has 1 spiro atoms. The maximum Gasteiger partial charge on any atom is 0.223 e. The van der Waals surface area contributed by atoms with E-state index in [1.54, 1.807) is 0 Å². The van der Waals surface area contributed by atoms with E-state index in [4.69, 9.17) is 0 Å². The van der Waals surface area contributed by atoms with Crippen molar-refractivity contribution in [2.75, 3.05) is 6.54 Å². The standard InChI is InChI=1S/C14H23NO2/c1-10-11-4-2-5-13(17)15-9-3-7-14(11,15)8-6-12(10)16/h10-12,16H,2-9H2,1H3/t10-,11+,12+,14-/m0/s1. The highest BCUT2D eigenvalue weighted by Crippen LogP contribution is 2.51. The van der Waals surface area contributed by atoms with E-state index >= 15 is 0 Å². The van der Waals surface area contributed by atoms with E-state index in [0.717, 1.165) is 45.1 Å². The van der Waals surface area contributed by atoms with Gasteiger partial charge in [0.25, 0.3) is 0 Å². The first kappa shape index (κ1) is 11.5. The van der Waals surface area contributed by atoms with Crippen LogP contribution in [0.3, 0.4) is 0 Å². The second kappa shape index (κ2) is 3.98. The Morgan fingerprint density at radius 2 is 2.12 bits per heavy atom. The van der Waals surface area contributed by atoms with Gasteiger partial charge in [-0.15, -0.1) is 0 Å². The predicted octanol–water partition coefficient (Wildman–Crippen LogP) is 1.94. The maximum atomic E-state index is 12.2. The SMILES string of the molecule is C[C@@H]1[C@H](O)CC[C@]23CCCN2C(=O)CCC[C@H]13. The van der Waals surface area contributed by atoms with E-state index in [2.05, 4.69) is 11.8 Å². The number of rotatable bonds is 0. The molecule has 2 aliphatic heterocycles. The van der Waals surface area contributed by atoms with Crippen LogP contribution < -0.4 is 0 Å². The predicted molar refractivity (Wildman–Crippen MR) is 65.4 cm³/mol. The highest BCUT2D eigenvalue weighted by Gasteiger charge is 2.54. The molecule has 0 unspecified atom stereocenters. The Kier molecular flexibility index (Phi) is 2.69. The van der Waals surface area contributed by atoms with Gasteiger partial charge >= 0.3 is 0 Å². The molecule has 0 aromatic heterocycles. The molecule has 2 saturated heterocycles. The van der Waals surface area contributed by atoms with Gasteiger partial charge in [-0.2, -0.15) is 0 Å². The largest absolute Gasteiger partial charge is 0.393 e. The van der Waals surface area contributed by atoms with Gasteiger partial charge in [0.15, 0.2) is 0 Å². The van der Waals surface area contributed by atoms with Crippen molar-refractivity contribution in [2.24, 2.45) is 11.8 Å². The summed E-state index contributed by atoms with van der Waals surface area (Å²) in [6.07, 6.45) is 6.93. The lowest BCUT2D eigenvalue weighted by atomic mass is 9.64. The third kappa shape index (κ3) is 1.55. The van der Waals surface area contributed by atoms with Crippen LogP contribution in [0.5, 0.6) is 0 Å². The highest BCUT2D eigenvalue weighted by atomic mass is 16.3. The van der Waals surface area contributed by atoms with Crippen LogP contribution >= 0.6 is 0 Å². The van der Waals surface area contributed by atoms with Crippen LogP contribution in [0.4, 0.5) is 0 Å². The lowest BCUT2D eigenvalue weighted by Gasteiger charge is -2.50. The monoisotopic (exact) mass is 237 g/mol. The molecule has 2 heterocycles. The maximum absolute atomic E-state index is 12.2. The van der Waals surface area contributed by atoms with Crippen molar-refractivity contribution in [1.29, 1.82) is 0 Å². The molecule has 1 saturated carbocycles. The lowest BCUT2D eigenvalue weighted by molar-refractivity contribution is -0.140. The number of hydrogen-bond donors (Lipinski definition) is 1. The van der Waals surface area contributed by atoms with Gasteiger partial charge in [0.1, 0.15) is 0 Å². The zero-order valence-electron chi connectivity index (χ0n) is 10.7. The average Bonchev–Trinajstić information content (AvgIpc) is 2.68. The topological polar surface area (TPSA) is 40.5 Å². The molecule has 0 bridgehead atoms. The molecule has 1 aliphatic carbocycles. The lowest BCUT2D eigenvalue weighted by Crippen LogP contribution is -2.57. The van der Waals surface area contributed by atoms with Gasteiger partial charge in [0.2, 0.25) is 5.91 Å². The summed E-state index contributed by atoms with van der Waals surface area (Å²) in [4.78, 5) is 14.4. The molecule has 96 valence electrons. The average molecular weight is 237 g/mol. The van der Waals surface area contributed by atoms with Gasteiger partial charge in [-0.05, 0) is 50.4 Å². The van der Waals surface area contributed by atoms with E-state index in [1.807, 2.05) is 0 Å². The molecule has 4 atom stereocenters. The molecule has 0 aromatic carbocycles. The zero-order chi connectivity index (χ0) is 12.0. The summed E-state index contributed by atoms with van der Waals surface area (Å²) in [5.74, 6) is 1.25. The van der Waals surface area contributed by atoms with E-state index in [-0.39, 0.29) is 11.6 Å². The molecule has 0 radical (unpaired) electrons. The van der Waals surface area contributed by atoms with Crippen molar-refractivity contribution in [3.8, 4) is 0 Å². The van der Waals surface area contributed by atoms with Crippen LogP contribution in [-0.4, -0.2) is 34.1 Å². The minimum atomic E-state index is -0.152. The van der Waals surface area contributed by atoms with Crippen molar-refractivity contribution in [3.05, 3.63) is 0 Å². The number of nitrogens with zero attached hydrogens (tertiary/aromatic N) is 1. The summed E-state index contributed by atoms with van der Waals surface area (Å²) in [5, 5.41) is 10.1. The molecule has 3 aliphatic rings. The number of carbonyl (C=O) groups excluding carboxylic acids is 1. The fourth-order valence-electron chi connectivity index (χ4n) is 4.66. The molecule has 1 amide bonds. The van der Waals surface area contributed by atoms with Gasteiger partial charge in [-0.3, -0.25) is 4.79 Å². The normalized spacial score (nSPS) is 46.4. The number of hydrogen-bond acceptors (Lipinski definition) is 2. The molecule has 3 heteroatoms. The van der Waals surface area contributed by atoms with Gasteiger partial charge < -0.3 is 10.0 Å². The summed E-state index contributed by atoms with van der Waals surface area (Å²) in [7, 11) is 0. The molecule has 3 nitrogen and oxygen atoms in total. The van der Waals surface area contributed by atoms with Gasteiger partial charge in [-0.25, -0.2) is 0 Å². The van der Waals surface area contributed by atoms with Crippen LogP contribution in [0.25, 0.3) is 0 Å².